The Hall–Kier alpha value is -3.93. The highest BCUT2D eigenvalue weighted by Gasteiger charge is 2.08. The van der Waals surface area contributed by atoms with Crippen LogP contribution < -0.4 is 15.6 Å². The van der Waals surface area contributed by atoms with Gasteiger partial charge in [0.2, 0.25) is 0 Å². The van der Waals surface area contributed by atoms with Crippen molar-refractivity contribution < 1.29 is 14.3 Å². The number of nitrogens with one attached hydrogen (secondary N) is 2. The zero-order valence-electron chi connectivity index (χ0n) is 15.0. The molecular weight excluding hydrogens is 354 g/mol. The predicted molar refractivity (Wildman–Crippen MR) is 107 cm³/mol. The van der Waals surface area contributed by atoms with Crippen molar-refractivity contribution in [2.24, 2.45) is 0 Å². The minimum Gasteiger partial charge on any atom is -0.483 e. The summed E-state index contributed by atoms with van der Waals surface area (Å²) in [6.45, 7) is -0.226. The van der Waals surface area contributed by atoms with E-state index in [0.29, 0.717) is 5.75 Å². The van der Waals surface area contributed by atoms with Crippen LogP contribution >= 0.6 is 0 Å². The fraction of sp³-hybridized carbons (Fsp3) is 0.0455. The maximum Gasteiger partial charge on any atom is 0.276 e. The Morgan fingerprint density at radius 3 is 2.50 bits per heavy atom. The highest BCUT2D eigenvalue weighted by atomic mass is 16.5. The van der Waals surface area contributed by atoms with Crippen LogP contribution in [0.1, 0.15) is 5.56 Å². The second kappa shape index (κ2) is 9.68. The molecule has 6 heteroatoms. The summed E-state index contributed by atoms with van der Waals surface area (Å²) < 4.78 is 5.63. The summed E-state index contributed by atoms with van der Waals surface area (Å²) in [5, 5.41) is 0. The topological polar surface area (TPSA) is 80.3 Å². The molecule has 28 heavy (non-hydrogen) atoms. The van der Waals surface area contributed by atoms with Gasteiger partial charge in [0.05, 0.1) is 0 Å². The van der Waals surface area contributed by atoms with Gasteiger partial charge in [0.25, 0.3) is 11.8 Å². The Morgan fingerprint density at radius 1 is 0.929 bits per heavy atom. The summed E-state index contributed by atoms with van der Waals surface area (Å²) in [4.78, 5) is 27.7. The Bertz CT molecular complexity index is 957. The summed E-state index contributed by atoms with van der Waals surface area (Å²) in [5.41, 5.74) is 7.29. The minimum absolute atomic E-state index is 0.226. The first-order valence-corrected chi connectivity index (χ1v) is 8.66. The predicted octanol–water partition coefficient (Wildman–Crippen LogP) is 2.99. The molecule has 0 saturated carbocycles. The number of hydrogen-bond donors (Lipinski definition) is 2. The van der Waals surface area contributed by atoms with Crippen LogP contribution in [0.5, 0.6) is 5.75 Å². The Labute approximate surface area is 162 Å². The van der Waals surface area contributed by atoms with Crippen molar-refractivity contribution in [1.29, 1.82) is 0 Å². The van der Waals surface area contributed by atoms with Gasteiger partial charge in [0.15, 0.2) is 6.61 Å². The first-order valence-electron chi connectivity index (χ1n) is 8.66. The summed E-state index contributed by atoms with van der Waals surface area (Å²) in [7, 11) is 0. The third-order valence-corrected chi connectivity index (χ3v) is 3.77. The van der Waals surface area contributed by atoms with Crippen LogP contribution in [0.15, 0.2) is 85.2 Å². The van der Waals surface area contributed by atoms with E-state index in [4.69, 9.17) is 4.74 Å². The molecule has 0 saturated heterocycles. The van der Waals surface area contributed by atoms with Crippen LogP contribution in [0.2, 0.25) is 0 Å². The quantitative estimate of drug-likeness (QED) is 0.514. The van der Waals surface area contributed by atoms with E-state index < -0.39 is 11.8 Å². The number of rotatable bonds is 6. The molecule has 0 aliphatic rings. The largest absolute Gasteiger partial charge is 0.483 e. The standard InChI is InChI=1S/C22H19N3O3/c26-21(13-12-17-7-6-14-23-15-17)24-25-22(27)16-28-20-11-5-4-10-19(20)18-8-2-1-3-9-18/h1-15H,16H2,(H,24,26)(H,25,27)/b13-12+. The molecule has 0 atom stereocenters. The number of pyridine rings is 1. The summed E-state index contributed by atoms with van der Waals surface area (Å²) in [5.74, 6) is -0.334. The van der Waals surface area contributed by atoms with E-state index in [1.54, 1.807) is 30.6 Å². The summed E-state index contributed by atoms with van der Waals surface area (Å²) in [6, 6.07) is 20.8. The lowest BCUT2D eigenvalue weighted by Gasteiger charge is -2.11. The van der Waals surface area contributed by atoms with Gasteiger partial charge in [-0.1, -0.05) is 54.6 Å². The lowest BCUT2D eigenvalue weighted by molar-refractivity contribution is -0.128. The number of nitrogens with zero attached hydrogens (tertiary/aromatic N) is 1. The van der Waals surface area contributed by atoms with Crippen molar-refractivity contribution in [3.63, 3.8) is 0 Å². The zero-order chi connectivity index (χ0) is 19.6. The summed E-state index contributed by atoms with van der Waals surface area (Å²) in [6.07, 6.45) is 6.18. The fourth-order valence-corrected chi connectivity index (χ4v) is 2.45. The normalized spacial score (nSPS) is 10.4. The second-order valence-corrected chi connectivity index (χ2v) is 5.81. The smallest absolute Gasteiger partial charge is 0.276 e. The average molecular weight is 373 g/mol. The number of carbonyl (C=O) groups excluding carboxylic acids is 2. The molecule has 3 aromatic rings. The highest BCUT2D eigenvalue weighted by Crippen LogP contribution is 2.29. The molecule has 0 radical (unpaired) electrons. The minimum atomic E-state index is -0.467. The molecule has 2 amide bonds. The van der Waals surface area contributed by atoms with Gasteiger partial charge >= 0.3 is 0 Å². The fourth-order valence-electron chi connectivity index (χ4n) is 2.45. The van der Waals surface area contributed by atoms with E-state index in [0.717, 1.165) is 16.7 Å². The van der Waals surface area contributed by atoms with Crippen molar-refractivity contribution in [3.8, 4) is 16.9 Å². The SMILES string of the molecule is O=C(/C=C/c1cccnc1)NNC(=O)COc1ccccc1-c1ccccc1. The van der Waals surface area contributed by atoms with Gasteiger partial charge in [-0.05, 0) is 29.3 Å². The van der Waals surface area contributed by atoms with E-state index >= 15 is 0 Å². The van der Waals surface area contributed by atoms with Gasteiger partial charge in [-0.15, -0.1) is 0 Å². The molecule has 6 nitrogen and oxygen atoms in total. The van der Waals surface area contributed by atoms with Crippen molar-refractivity contribution in [1.82, 2.24) is 15.8 Å². The van der Waals surface area contributed by atoms with Gasteiger partial charge in [0, 0.05) is 24.0 Å². The van der Waals surface area contributed by atoms with Crippen LogP contribution in [0.3, 0.4) is 0 Å². The molecule has 1 aromatic heterocycles. The number of ether oxygens (including phenoxy) is 1. The number of carbonyl (C=O) groups is 2. The van der Waals surface area contributed by atoms with Crippen LogP contribution in [0, 0.1) is 0 Å². The van der Waals surface area contributed by atoms with Crippen LogP contribution in [-0.2, 0) is 9.59 Å². The van der Waals surface area contributed by atoms with Crippen molar-refractivity contribution >= 4 is 17.9 Å². The zero-order valence-corrected chi connectivity index (χ0v) is 15.0. The number of hydrogen-bond acceptors (Lipinski definition) is 4. The molecule has 3 rings (SSSR count). The Balaban J connectivity index is 1.50. The number of hydrazine groups is 1. The Kier molecular flexibility index (Phi) is 6.52. The number of amides is 2. The molecule has 0 spiro atoms. The second-order valence-electron chi connectivity index (χ2n) is 5.81. The number of para-hydroxylation sites is 1. The first kappa shape index (κ1) is 18.8. The van der Waals surface area contributed by atoms with E-state index in [2.05, 4.69) is 15.8 Å². The first-order chi connectivity index (χ1) is 13.7. The third-order valence-electron chi connectivity index (χ3n) is 3.77. The molecule has 0 bridgehead atoms. The van der Waals surface area contributed by atoms with E-state index in [1.807, 2.05) is 54.6 Å². The molecule has 140 valence electrons. The van der Waals surface area contributed by atoms with Crippen molar-refractivity contribution in [2.75, 3.05) is 6.61 Å². The molecule has 2 aromatic carbocycles. The molecule has 0 fully saturated rings. The summed E-state index contributed by atoms with van der Waals surface area (Å²) >= 11 is 0. The number of benzene rings is 2. The van der Waals surface area contributed by atoms with Crippen LogP contribution in [-0.4, -0.2) is 23.4 Å². The molecule has 0 aliphatic heterocycles. The van der Waals surface area contributed by atoms with Crippen LogP contribution in [0.4, 0.5) is 0 Å². The average Bonchev–Trinajstić information content (AvgIpc) is 2.76. The van der Waals surface area contributed by atoms with Gasteiger partial charge in [0.1, 0.15) is 5.75 Å². The Morgan fingerprint density at radius 2 is 1.71 bits per heavy atom. The van der Waals surface area contributed by atoms with E-state index in [1.165, 1.54) is 6.08 Å². The third kappa shape index (κ3) is 5.54. The van der Waals surface area contributed by atoms with Crippen LogP contribution in [0.25, 0.3) is 17.2 Å². The molecular formula is C22H19N3O3. The highest BCUT2D eigenvalue weighted by molar-refractivity contribution is 5.93. The van der Waals surface area contributed by atoms with Gasteiger partial charge in [-0.25, -0.2) is 0 Å². The van der Waals surface area contributed by atoms with Gasteiger partial charge < -0.3 is 4.74 Å². The van der Waals surface area contributed by atoms with E-state index in [-0.39, 0.29) is 6.61 Å². The molecule has 0 aliphatic carbocycles. The maximum absolute atomic E-state index is 12.0. The van der Waals surface area contributed by atoms with Crippen molar-refractivity contribution in [3.05, 3.63) is 90.8 Å². The van der Waals surface area contributed by atoms with Gasteiger partial charge in [-0.3, -0.25) is 25.4 Å². The number of aromatic nitrogens is 1. The lowest BCUT2D eigenvalue weighted by Crippen LogP contribution is -2.43. The van der Waals surface area contributed by atoms with E-state index in [9.17, 15) is 9.59 Å². The monoisotopic (exact) mass is 373 g/mol. The van der Waals surface area contributed by atoms with Gasteiger partial charge in [-0.2, -0.15) is 0 Å². The van der Waals surface area contributed by atoms with Crippen molar-refractivity contribution in [2.45, 2.75) is 0 Å². The lowest BCUT2D eigenvalue weighted by atomic mass is 10.1. The molecule has 2 N–H and O–H groups in total. The maximum atomic E-state index is 12.0. The molecule has 1 heterocycles. The molecule has 0 unspecified atom stereocenters.